The van der Waals surface area contributed by atoms with Gasteiger partial charge in [-0.2, -0.15) is 0 Å². The molecule has 0 unspecified atom stereocenters. The minimum atomic E-state index is -0.656. The molecule has 1 aromatic rings. The maximum absolute atomic E-state index is 11.3. The van der Waals surface area contributed by atoms with E-state index in [1.54, 1.807) is 0 Å². The topological polar surface area (TPSA) is 110 Å². The van der Waals surface area contributed by atoms with Crippen LogP contribution >= 0.6 is 22.6 Å². The highest BCUT2D eigenvalue weighted by molar-refractivity contribution is 14.1. The zero-order valence-electron chi connectivity index (χ0n) is 8.18. The Morgan fingerprint density at radius 2 is 2.06 bits per heavy atom. The number of halogens is 1. The Kier molecular flexibility index (Phi) is 4.07. The number of aromatic hydroxyl groups is 1. The molecule has 86 valence electrons. The van der Waals surface area contributed by atoms with Crippen molar-refractivity contribution in [2.75, 3.05) is 9.44 Å². The van der Waals surface area contributed by atoms with Crippen LogP contribution in [0.1, 0.15) is 10.4 Å². The van der Waals surface area contributed by atoms with Gasteiger partial charge in [-0.1, -0.05) is 22.6 Å². The van der Waals surface area contributed by atoms with Crippen molar-refractivity contribution in [1.82, 2.24) is 0 Å². The molecular formula is C9H10IN3O3. The van der Waals surface area contributed by atoms with Gasteiger partial charge in [0, 0.05) is 5.56 Å². The summed E-state index contributed by atoms with van der Waals surface area (Å²) in [7, 11) is 0. The number of rotatable bonds is 3. The Hall–Kier alpha value is -1.35. The van der Waals surface area contributed by atoms with E-state index < -0.39 is 11.8 Å². The summed E-state index contributed by atoms with van der Waals surface area (Å²) in [5, 5.41) is 10.3. The van der Waals surface area contributed by atoms with Crippen molar-refractivity contribution >= 4 is 40.1 Å². The second-order valence-corrected chi connectivity index (χ2v) is 3.73. The van der Waals surface area contributed by atoms with Crippen LogP contribution in [0.15, 0.2) is 18.2 Å². The molecule has 0 atom stereocenters. The lowest BCUT2D eigenvalue weighted by Crippen LogP contribution is -2.38. The fourth-order valence-corrected chi connectivity index (χ4v) is 1.44. The number of carbonyl (C=O) groups excluding carboxylic acids is 2. The SMILES string of the molecule is NC(=O)c1ccc(O)c(N(N)C(=O)CI)c1. The molecule has 1 rings (SSSR count). The summed E-state index contributed by atoms with van der Waals surface area (Å²) in [5.74, 6) is 4.25. The molecule has 2 amide bonds. The van der Waals surface area contributed by atoms with E-state index in [4.69, 9.17) is 11.6 Å². The second kappa shape index (κ2) is 5.12. The molecule has 0 aromatic heterocycles. The standard InChI is InChI=1S/C9H10IN3O3/c10-4-8(15)13(12)6-3-5(9(11)16)1-2-7(6)14/h1-3,14H,4,12H2,(H2,11,16). The van der Waals surface area contributed by atoms with Gasteiger partial charge >= 0.3 is 0 Å². The third-order valence-electron chi connectivity index (χ3n) is 1.90. The van der Waals surface area contributed by atoms with E-state index in [0.717, 1.165) is 5.01 Å². The molecule has 0 saturated heterocycles. The molecule has 0 saturated carbocycles. The van der Waals surface area contributed by atoms with E-state index in [-0.39, 0.29) is 21.4 Å². The third kappa shape index (κ3) is 2.61. The van der Waals surface area contributed by atoms with Gasteiger partial charge in [0.1, 0.15) is 11.4 Å². The van der Waals surface area contributed by atoms with E-state index in [9.17, 15) is 14.7 Å². The second-order valence-electron chi connectivity index (χ2n) is 2.97. The first-order chi connectivity index (χ1) is 7.47. The number of hydrogen-bond acceptors (Lipinski definition) is 4. The van der Waals surface area contributed by atoms with Gasteiger partial charge in [-0.15, -0.1) is 0 Å². The van der Waals surface area contributed by atoms with Gasteiger partial charge in [0.05, 0.1) is 4.43 Å². The first kappa shape index (κ1) is 12.7. The number of amides is 2. The van der Waals surface area contributed by atoms with Gasteiger partial charge in [0.25, 0.3) is 5.91 Å². The van der Waals surface area contributed by atoms with Crippen LogP contribution in [0.25, 0.3) is 0 Å². The minimum absolute atomic E-state index is 0.0537. The van der Waals surface area contributed by atoms with Gasteiger partial charge < -0.3 is 10.8 Å². The Bertz CT molecular complexity index is 436. The van der Waals surface area contributed by atoms with Crippen LogP contribution in [0.2, 0.25) is 0 Å². The number of benzene rings is 1. The number of anilines is 1. The quantitative estimate of drug-likeness (QED) is 0.240. The predicted molar refractivity (Wildman–Crippen MR) is 67.2 cm³/mol. The summed E-state index contributed by atoms with van der Waals surface area (Å²) in [6.07, 6.45) is 0. The lowest BCUT2D eigenvalue weighted by atomic mass is 10.1. The van der Waals surface area contributed by atoms with Gasteiger partial charge in [-0.25, -0.2) is 10.9 Å². The number of nitrogens with two attached hydrogens (primary N) is 2. The summed E-state index contributed by atoms with van der Waals surface area (Å²) in [4.78, 5) is 22.2. The van der Waals surface area contributed by atoms with Crippen molar-refractivity contribution in [3.8, 4) is 5.75 Å². The van der Waals surface area contributed by atoms with Crippen molar-refractivity contribution in [3.05, 3.63) is 23.8 Å². The van der Waals surface area contributed by atoms with Crippen LogP contribution in [0.4, 0.5) is 5.69 Å². The highest BCUT2D eigenvalue weighted by Gasteiger charge is 2.15. The molecule has 16 heavy (non-hydrogen) atoms. The fourth-order valence-electron chi connectivity index (χ4n) is 1.07. The molecular weight excluding hydrogens is 325 g/mol. The third-order valence-corrected chi connectivity index (χ3v) is 2.56. The first-order valence-electron chi connectivity index (χ1n) is 4.23. The molecule has 0 aliphatic rings. The largest absolute Gasteiger partial charge is 0.506 e. The molecule has 1 aromatic carbocycles. The Morgan fingerprint density at radius 3 is 2.56 bits per heavy atom. The molecule has 0 radical (unpaired) electrons. The number of nitrogens with zero attached hydrogens (tertiary/aromatic N) is 1. The number of primary amides is 1. The average molecular weight is 335 g/mol. The van der Waals surface area contributed by atoms with Crippen LogP contribution in [-0.2, 0) is 4.79 Å². The van der Waals surface area contributed by atoms with E-state index in [1.165, 1.54) is 18.2 Å². The van der Waals surface area contributed by atoms with Crippen molar-refractivity contribution in [3.63, 3.8) is 0 Å². The highest BCUT2D eigenvalue weighted by atomic mass is 127. The number of hydrogen-bond donors (Lipinski definition) is 3. The molecule has 5 N–H and O–H groups in total. The van der Waals surface area contributed by atoms with E-state index in [2.05, 4.69) is 0 Å². The molecule has 6 nitrogen and oxygen atoms in total. The minimum Gasteiger partial charge on any atom is -0.506 e. The predicted octanol–water partition coefficient (Wildman–Crippen LogP) is 0.133. The van der Waals surface area contributed by atoms with E-state index >= 15 is 0 Å². The maximum atomic E-state index is 11.3. The summed E-state index contributed by atoms with van der Waals surface area (Å²) in [6, 6.07) is 3.88. The van der Waals surface area contributed by atoms with Crippen LogP contribution in [-0.4, -0.2) is 21.3 Å². The normalized spacial score (nSPS) is 9.88. The number of phenolic OH excluding ortho intramolecular Hbond substituents is 1. The highest BCUT2D eigenvalue weighted by Crippen LogP contribution is 2.26. The summed E-state index contributed by atoms with van der Waals surface area (Å²) in [6.45, 7) is 0. The Balaban J connectivity index is 3.16. The summed E-state index contributed by atoms with van der Waals surface area (Å²) < 4.78 is 0.161. The summed E-state index contributed by atoms with van der Waals surface area (Å²) >= 11 is 1.84. The van der Waals surface area contributed by atoms with Crippen LogP contribution < -0.4 is 16.6 Å². The molecule has 0 bridgehead atoms. The van der Waals surface area contributed by atoms with Gasteiger partial charge in [0.15, 0.2) is 0 Å². The molecule has 7 heteroatoms. The van der Waals surface area contributed by atoms with Gasteiger partial charge in [0.2, 0.25) is 5.91 Å². The van der Waals surface area contributed by atoms with Crippen molar-refractivity contribution in [2.45, 2.75) is 0 Å². The fraction of sp³-hybridized carbons (Fsp3) is 0.111. The van der Waals surface area contributed by atoms with E-state index in [0.29, 0.717) is 0 Å². The van der Waals surface area contributed by atoms with Crippen LogP contribution in [0.5, 0.6) is 5.75 Å². The summed E-state index contributed by atoms with van der Waals surface area (Å²) in [5.41, 5.74) is 5.30. The monoisotopic (exact) mass is 335 g/mol. The number of hydrazine groups is 1. The number of phenols is 1. The Morgan fingerprint density at radius 1 is 1.44 bits per heavy atom. The van der Waals surface area contributed by atoms with Gasteiger partial charge in [-0.3, -0.25) is 9.59 Å². The number of carbonyl (C=O) groups is 2. The van der Waals surface area contributed by atoms with Crippen LogP contribution in [0, 0.1) is 0 Å². The molecule has 0 aliphatic carbocycles. The average Bonchev–Trinajstić information content (AvgIpc) is 2.27. The maximum Gasteiger partial charge on any atom is 0.251 e. The van der Waals surface area contributed by atoms with Crippen LogP contribution in [0.3, 0.4) is 0 Å². The molecule has 0 aliphatic heterocycles. The molecule has 0 fully saturated rings. The van der Waals surface area contributed by atoms with Crippen molar-refractivity contribution in [1.29, 1.82) is 0 Å². The molecule has 0 heterocycles. The van der Waals surface area contributed by atoms with Crippen molar-refractivity contribution < 1.29 is 14.7 Å². The molecule has 0 spiro atoms. The van der Waals surface area contributed by atoms with Gasteiger partial charge in [-0.05, 0) is 18.2 Å². The van der Waals surface area contributed by atoms with E-state index in [1.807, 2.05) is 22.6 Å². The lowest BCUT2D eigenvalue weighted by molar-refractivity contribution is -0.116. The zero-order chi connectivity index (χ0) is 12.3. The zero-order valence-corrected chi connectivity index (χ0v) is 10.3. The smallest absolute Gasteiger partial charge is 0.251 e. The van der Waals surface area contributed by atoms with Crippen molar-refractivity contribution in [2.24, 2.45) is 11.6 Å². The lowest BCUT2D eigenvalue weighted by Gasteiger charge is -2.17. The Labute approximate surface area is 105 Å². The number of alkyl halides is 1. The first-order valence-corrected chi connectivity index (χ1v) is 5.76.